The summed E-state index contributed by atoms with van der Waals surface area (Å²) in [5, 5.41) is 7.20. The van der Waals surface area contributed by atoms with E-state index in [1.54, 1.807) is 18.5 Å². The van der Waals surface area contributed by atoms with Gasteiger partial charge in [-0.15, -0.1) is 0 Å². The summed E-state index contributed by atoms with van der Waals surface area (Å²) in [5.41, 5.74) is 3.50. The van der Waals surface area contributed by atoms with E-state index in [4.69, 9.17) is 4.74 Å². The number of pyridine rings is 1. The maximum Gasteiger partial charge on any atom is 0.248 e. The molecule has 0 bridgehead atoms. The Hall–Kier alpha value is -3.36. The highest BCUT2D eigenvalue weighted by Gasteiger charge is 2.25. The first-order valence-electron chi connectivity index (χ1n) is 11.2. The Kier molecular flexibility index (Phi) is 6.28. The Bertz CT molecular complexity index is 1150. The van der Waals surface area contributed by atoms with Crippen LogP contribution < -0.4 is 5.32 Å². The number of nitrogens with one attached hydrogen (secondary N) is 1. The largest absolute Gasteiger partial charge is 0.379 e. The number of hydrogen-bond acceptors (Lipinski definition) is 5. The molecule has 0 spiro atoms. The first kappa shape index (κ1) is 21.5. The monoisotopic (exact) mass is 447 g/mol. The molecule has 2 aromatic heterocycles. The quantitative estimate of drug-likeness (QED) is 0.556. The number of nitrogens with zero attached hydrogens (tertiary/aromatic N) is 4. The molecule has 0 unspecified atom stereocenters. The van der Waals surface area contributed by atoms with Crippen LogP contribution in [-0.2, 0) is 16.1 Å². The van der Waals surface area contributed by atoms with Gasteiger partial charge >= 0.3 is 0 Å². The number of aromatic nitrogens is 3. The molecule has 2 aliphatic rings. The van der Waals surface area contributed by atoms with Crippen molar-refractivity contribution in [3.05, 3.63) is 72.1 Å². The summed E-state index contributed by atoms with van der Waals surface area (Å²) in [6.07, 6.45) is 11.4. The van der Waals surface area contributed by atoms with E-state index in [1.165, 1.54) is 17.8 Å². The fourth-order valence-electron chi connectivity index (χ4n) is 3.95. The van der Waals surface area contributed by atoms with E-state index < -0.39 is 5.82 Å². The second kappa shape index (κ2) is 9.64. The Morgan fingerprint density at radius 2 is 1.94 bits per heavy atom. The zero-order valence-corrected chi connectivity index (χ0v) is 18.3. The number of carbonyl (C=O) groups excluding carboxylic acids is 1. The van der Waals surface area contributed by atoms with E-state index in [0.717, 1.165) is 45.7 Å². The average Bonchev–Trinajstić information content (AvgIpc) is 3.57. The van der Waals surface area contributed by atoms with Crippen molar-refractivity contribution < 1.29 is 13.9 Å². The standard InChI is InChI=1S/C25H26FN5O2/c26-23-15-27-13-19(25(23)20-14-28-31(17-20)22-6-7-22)3-8-24(32)29-21-4-1-18(2-5-21)16-30-9-11-33-12-10-30/h1-5,8,13-15,17,22H,6-7,9-12,16H2,(H,29,32). The molecule has 1 N–H and O–H groups in total. The lowest BCUT2D eigenvalue weighted by atomic mass is 10.0. The van der Waals surface area contributed by atoms with Crippen molar-refractivity contribution in [1.82, 2.24) is 19.7 Å². The maximum absolute atomic E-state index is 14.6. The van der Waals surface area contributed by atoms with E-state index >= 15 is 0 Å². The van der Waals surface area contributed by atoms with Gasteiger partial charge in [-0.25, -0.2) is 4.39 Å². The predicted molar refractivity (Wildman–Crippen MR) is 124 cm³/mol. The highest BCUT2D eigenvalue weighted by Crippen LogP contribution is 2.36. The number of hydrogen-bond donors (Lipinski definition) is 1. The zero-order chi connectivity index (χ0) is 22.6. The number of morpholine rings is 1. The fraction of sp³-hybridized carbons (Fsp3) is 0.320. The van der Waals surface area contributed by atoms with Crippen LogP contribution in [0.15, 0.2) is 55.1 Å². The van der Waals surface area contributed by atoms with Gasteiger partial charge in [-0.2, -0.15) is 5.10 Å². The molecule has 5 rings (SSSR count). The Labute approximate surface area is 191 Å². The van der Waals surface area contributed by atoms with Crippen LogP contribution in [0.3, 0.4) is 0 Å². The van der Waals surface area contributed by atoms with Gasteiger partial charge in [0, 0.05) is 60.5 Å². The third-order valence-corrected chi connectivity index (χ3v) is 5.89. The van der Waals surface area contributed by atoms with E-state index in [-0.39, 0.29) is 5.91 Å². The molecule has 0 radical (unpaired) electrons. The van der Waals surface area contributed by atoms with Crippen molar-refractivity contribution in [1.29, 1.82) is 0 Å². The summed E-state index contributed by atoms with van der Waals surface area (Å²) < 4.78 is 21.9. The molecular formula is C25H26FN5O2. The minimum atomic E-state index is -0.441. The van der Waals surface area contributed by atoms with Gasteiger partial charge in [-0.05, 0) is 36.6 Å². The molecule has 170 valence electrons. The second-order valence-corrected chi connectivity index (χ2v) is 8.43. The van der Waals surface area contributed by atoms with Gasteiger partial charge in [-0.3, -0.25) is 19.4 Å². The van der Waals surface area contributed by atoms with Crippen molar-refractivity contribution in [2.24, 2.45) is 0 Å². The molecule has 1 aliphatic heterocycles. The predicted octanol–water partition coefficient (Wildman–Crippen LogP) is 3.90. The number of amides is 1. The molecule has 3 heterocycles. The number of carbonyl (C=O) groups is 1. The lowest BCUT2D eigenvalue weighted by molar-refractivity contribution is -0.111. The smallest absolute Gasteiger partial charge is 0.248 e. The van der Waals surface area contributed by atoms with Crippen molar-refractivity contribution in [2.45, 2.75) is 25.4 Å². The van der Waals surface area contributed by atoms with Crippen LogP contribution in [0.2, 0.25) is 0 Å². The highest BCUT2D eigenvalue weighted by atomic mass is 19.1. The number of ether oxygens (including phenoxy) is 1. The fourth-order valence-corrected chi connectivity index (χ4v) is 3.95. The average molecular weight is 448 g/mol. The summed E-state index contributed by atoms with van der Waals surface area (Å²) in [4.78, 5) is 18.8. The first-order chi connectivity index (χ1) is 16.2. The third-order valence-electron chi connectivity index (χ3n) is 5.89. The summed E-state index contributed by atoms with van der Waals surface area (Å²) in [6.45, 7) is 4.27. The molecule has 1 saturated heterocycles. The van der Waals surface area contributed by atoms with E-state index in [2.05, 4.69) is 20.3 Å². The van der Waals surface area contributed by atoms with Gasteiger partial charge in [0.15, 0.2) is 0 Å². The van der Waals surface area contributed by atoms with Gasteiger partial charge in [-0.1, -0.05) is 12.1 Å². The van der Waals surface area contributed by atoms with E-state index in [0.29, 0.717) is 28.4 Å². The van der Waals surface area contributed by atoms with Crippen LogP contribution in [0, 0.1) is 5.82 Å². The molecule has 2 fully saturated rings. The third kappa shape index (κ3) is 5.35. The van der Waals surface area contributed by atoms with Crippen molar-refractivity contribution in [2.75, 3.05) is 31.6 Å². The van der Waals surface area contributed by atoms with Crippen molar-refractivity contribution >= 4 is 17.7 Å². The summed E-state index contributed by atoms with van der Waals surface area (Å²) >= 11 is 0. The summed E-state index contributed by atoms with van der Waals surface area (Å²) in [7, 11) is 0. The lowest BCUT2D eigenvalue weighted by Crippen LogP contribution is -2.35. The minimum absolute atomic E-state index is 0.292. The molecule has 0 atom stereocenters. The SMILES string of the molecule is O=C(C=Cc1cncc(F)c1-c1cnn(C2CC2)c1)Nc1ccc(CN2CCOCC2)cc1. The van der Waals surface area contributed by atoms with Gasteiger partial charge in [0.1, 0.15) is 5.82 Å². The van der Waals surface area contributed by atoms with Gasteiger partial charge in [0.25, 0.3) is 0 Å². The highest BCUT2D eigenvalue weighted by molar-refractivity contribution is 6.02. The van der Waals surface area contributed by atoms with Crippen LogP contribution in [-0.4, -0.2) is 51.9 Å². The van der Waals surface area contributed by atoms with Gasteiger partial charge < -0.3 is 10.1 Å². The number of rotatable bonds is 7. The van der Waals surface area contributed by atoms with Crippen LogP contribution in [0.1, 0.15) is 30.0 Å². The molecule has 3 aromatic rings. The number of anilines is 1. The minimum Gasteiger partial charge on any atom is -0.379 e. The molecule has 1 saturated carbocycles. The summed E-state index contributed by atoms with van der Waals surface area (Å²) in [6, 6.07) is 8.22. The number of benzene rings is 1. The summed E-state index contributed by atoms with van der Waals surface area (Å²) in [5.74, 6) is -0.733. The Morgan fingerprint density at radius 1 is 1.15 bits per heavy atom. The van der Waals surface area contributed by atoms with Crippen molar-refractivity contribution in [3.8, 4) is 11.1 Å². The molecular weight excluding hydrogens is 421 g/mol. The Morgan fingerprint density at radius 3 is 2.70 bits per heavy atom. The second-order valence-electron chi connectivity index (χ2n) is 8.43. The van der Waals surface area contributed by atoms with Crippen LogP contribution in [0.5, 0.6) is 0 Å². The van der Waals surface area contributed by atoms with E-state index in [1.807, 2.05) is 35.1 Å². The molecule has 1 aromatic carbocycles. The molecule has 1 amide bonds. The molecule has 7 nitrogen and oxygen atoms in total. The van der Waals surface area contributed by atoms with Crippen molar-refractivity contribution in [3.63, 3.8) is 0 Å². The molecule has 33 heavy (non-hydrogen) atoms. The Balaban J connectivity index is 1.24. The first-order valence-corrected chi connectivity index (χ1v) is 11.2. The number of halogens is 1. The van der Waals surface area contributed by atoms with Gasteiger partial charge in [0.2, 0.25) is 5.91 Å². The molecule has 1 aliphatic carbocycles. The maximum atomic E-state index is 14.6. The topological polar surface area (TPSA) is 72.3 Å². The van der Waals surface area contributed by atoms with Crippen LogP contribution in [0.4, 0.5) is 10.1 Å². The van der Waals surface area contributed by atoms with Crippen LogP contribution >= 0.6 is 0 Å². The molecule has 8 heteroatoms. The normalized spacial score (nSPS) is 16.9. The van der Waals surface area contributed by atoms with Crippen LogP contribution in [0.25, 0.3) is 17.2 Å². The zero-order valence-electron chi connectivity index (χ0n) is 18.3. The van der Waals surface area contributed by atoms with Gasteiger partial charge in [0.05, 0.1) is 31.6 Å². The lowest BCUT2D eigenvalue weighted by Gasteiger charge is -2.26. The van der Waals surface area contributed by atoms with E-state index in [9.17, 15) is 9.18 Å².